The highest BCUT2D eigenvalue weighted by atomic mass is 35.5. The Bertz CT molecular complexity index is 1500. The molecule has 1 saturated heterocycles. The van der Waals surface area contributed by atoms with E-state index in [9.17, 15) is 14.7 Å². The fourth-order valence-corrected chi connectivity index (χ4v) is 5.02. The number of aliphatic hydroxyl groups is 1. The van der Waals surface area contributed by atoms with Crippen LogP contribution in [0.5, 0.6) is 0 Å². The molecule has 1 unspecified atom stereocenters. The zero-order valence-electron chi connectivity index (χ0n) is 20.7. The van der Waals surface area contributed by atoms with Crippen LogP contribution < -0.4 is 4.90 Å². The average Bonchev–Trinajstić information content (AvgIpc) is 3.17. The summed E-state index contributed by atoms with van der Waals surface area (Å²) in [7, 11) is 3.90. The first-order chi connectivity index (χ1) is 17.8. The Morgan fingerprint density at radius 3 is 2.27 bits per heavy atom. The molecule has 4 aromatic carbocycles. The monoisotopic (exact) mass is 510 g/mol. The van der Waals surface area contributed by atoms with Gasteiger partial charge < -0.3 is 14.9 Å². The van der Waals surface area contributed by atoms with Crippen LogP contribution in [0.3, 0.4) is 0 Å². The molecular formula is C31H27ClN2O3. The minimum absolute atomic E-state index is 0.107. The normalized spacial score (nSPS) is 16.9. The maximum absolute atomic E-state index is 13.4. The largest absolute Gasteiger partial charge is 0.507 e. The summed E-state index contributed by atoms with van der Waals surface area (Å²) < 4.78 is 0. The number of carbonyl (C=O) groups excluding carboxylic acids is 2. The topological polar surface area (TPSA) is 60.9 Å². The Morgan fingerprint density at radius 1 is 0.892 bits per heavy atom. The van der Waals surface area contributed by atoms with Crippen molar-refractivity contribution in [2.45, 2.75) is 12.5 Å². The Balaban J connectivity index is 1.62. The molecule has 37 heavy (non-hydrogen) atoms. The number of benzene rings is 4. The SMILES string of the molecule is CN(C)c1ccc(C2/C(=C(/O)c3cccc4ccccc34)C(=O)C(=O)N2CCc2ccc(Cl)cc2)cc1. The molecule has 1 fully saturated rings. The number of anilines is 1. The number of likely N-dealkylation sites (tertiary alicyclic amines) is 1. The quantitative estimate of drug-likeness (QED) is 0.190. The van der Waals surface area contributed by atoms with Crippen molar-refractivity contribution in [3.8, 4) is 0 Å². The van der Waals surface area contributed by atoms with Crippen LogP contribution in [0.15, 0.2) is 96.6 Å². The number of fused-ring (bicyclic) bond motifs is 1. The molecule has 6 heteroatoms. The van der Waals surface area contributed by atoms with Crippen molar-refractivity contribution in [2.24, 2.45) is 0 Å². The summed E-state index contributed by atoms with van der Waals surface area (Å²) in [6.07, 6.45) is 0.546. The molecule has 1 N–H and O–H groups in total. The molecule has 1 aliphatic rings. The van der Waals surface area contributed by atoms with Crippen molar-refractivity contribution in [1.82, 2.24) is 4.90 Å². The molecule has 1 atom stereocenters. The summed E-state index contributed by atoms with van der Waals surface area (Å²) in [5.41, 5.74) is 3.40. The fourth-order valence-electron chi connectivity index (χ4n) is 4.89. The molecule has 5 rings (SSSR count). The van der Waals surface area contributed by atoms with E-state index in [-0.39, 0.29) is 11.3 Å². The van der Waals surface area contributed by atoms with Gasteiger partial charge in [-0.05, 0) is 52.6 Å². The first kappa shape index (κ1) is 24.6. The summed E-state index contributed by atoms with van der Waals surface area (Å²) in [4.78, 5) is 30.3. The zero-order chi connectivity index (χ0) is 26.1. The first-order valence-electron chi connectivity index (χ1n) is 12.1. The molecule has 186 valence electrons. The number of halogens is 1. The highest BCUT2D eigenvalue weighted by molar-refractivity contribution is 6.46. The Labute approximate surface area is 221 Å². The fraction of sp³-hybridized carbons (Fsp3) is 0.161. The van der Waals surface area contributed by atoms with E-state index in [4.69, 9.17) is 11.6 Å². The third-order valence-corrected chi connectivity index (χ3v) is 7.12. The summed E-state index contributed by atoms with van der Waals surface area (Å²) in [5.74, 6) is -1.45. The third-order valence-electron chi connectivity index (χ3n) is 6.86. The predicted molar refractivity (Wildman–Crippen MR) is 149 cm³/mol. The molecule has 1 aliphatic heterocycles. The first-order valence-corrected chi connectivity index (χ1v) is 12.5. The van der Waals surface area contributed by atoms with Gasteiger partial charge in [0.15, 0.2) is 0 Å². The van der Waals surface area contributed by atoms with Crippen LogP contribution >= 0.6 is 11.6 Å². The minimum Gasteiger partial charge on any atom is -0.507 e. The standard InChI is InChI=1S/C31H27ClN2O3/c1-33(2)24-16-12-22(13-17-24)28-27(29(35)26-9-5-7-21-6-3-4-8-25(21)26)30(36)31(37)34(28)19-18-20-10-14-23(32)15-11-20/h3-17,28,35H,18-19H2,1-2H3/b29-27-. The number of Topliss-reactive ketones (excluding diaryl/α,β-unsaturated/α-hetero) is 1. The number of ketones is 1. The summed E-state index contributed by atoms with van der Waals surface area (Å²) in [6, 6.07) is 27.7. The lowest BCUT2D eigenvalue weighted by atomic mass is 9.93. The van der Waals surface area contributed by atoms with E-state index in [0.717, 1.165) is 27.6 Å². The van der Waals surface area contributed by atoms with Gasteiger partial charge in [0.2, 0.25) is 0 Å². The van der Waals surface area contributed by atoms with Gasteiger partial charge in [-0.3, -0.25) is 9.59 Å². The van der Waals surface area contributed by atoms with Gasteiger partial charge >= 0.3 is 0 Å². The van der Waals surface area contributed by atoms with Gasteiger partial charge in [0.05, 0.1) is 11.6 Å². The molecule has 5 nitrogen and oxygen atoms in total. The van der Waals surface area contributed by atoms with Crippen LogP contribution in [0.2, 0.25) is 5.02 Å². The van der Waals surface area contributed by atoms with Crippen molar-refractivity contribution in [3.63, 3.8) is 0 Å². The maximum Gasteiger partial charge on any atom is 0.295 e. The number of amides is 1. The lowest BCUT2D eigenvalue weighted by Crippen LogP contribution is -2.31. The van der Waals surface area contributed by atoms with Crippen molar-refractivity contribution in [1.29, 1.82) is 0 Å². The Morgan fingerprint density at radius 2 is 1.57 bits per heavy atom. The molecule has 4 aromatic rings. The molecule has 0 spiro atoms. The maximum atomic E-state index is 13.4. The van der Waals surface area contributed by atoms with Crippen molar-refractivity contribution >= 4 is 45.5 Å². The third kappa shape index (κ3) is 4.70. The second-order valence-electron chi connectivity index (χ2n) is 9.38. The van der Waals surface area contributed by atoms with Crippen LogP contribution in [0, 0.1) is 0 Å². The van der Waals surface area contributed by atoms with Crippen molar-refractivity contribution in [3.05, 3.63) is 118 Å². The average molecular weight is 511 g/mol. The minimum atomic E-state index is -0.706. The van der Waals surface area contributed by atoms with Crippen LogP contribution in [0.25, 0.3) is 16.5 Å². The van der Waals surface area contributed by atoms with E-state index in [2.05, 4.69) is 0 Å². The number of aliphatic hydroxyl groups excluding tert-OH is 1. The van der Waals surface area contributed by atoms with Crippen molar-refractivity contribution in [2.75, 3.05) is 25.5 Å². The van der Waals surface area contributed by atoms with Gasteiger partial charge in [-0.15, -0.1) is 0 Å². The lowest BCUT2D eigenvalue weighted by Gasteiger charge is -2.26. The Hall–Kier alpha value is -4.09. The van der Waals surface area contributed by atoms with Crippen LogP contribution in [-0.4, -0.2) is 42.3 Å². The van der Waals surface area contributed by atoms with Crippen molar-refractivity contribution < 1.29 is 14.7 Å². The van der Waals surface area contributed by atoms with Crippen LogP contribution in [0.1, 0.15) is 22.7 Å². The Kier molecular flexibility index (Phi) is 6.72. The van der Waals surface area contributed by atoms with Gasteiger partial charge in [-0.2, -0.15) is 0 Å². The van der Waals surface area contributed by atoms with E-state index in [0.29, 0.717) is 23.6 Å². The van der Waals surface area contributed by atoms with E-state index in [1.54, 1.807) is 11.0 Å². The van der Waals surface area contributed by atoms with Gasteiger partial charge in [0, 0.05) is 36.9 Å². The van der Waals surface area contributed by atoms with Gasteiger partial charge in [0.25, 0.3) is 11.7 Å². The summed E-state index contributed by atoms with van der Waals surface area (Å²) in [6.45, 7) is 0.318. The van der Waals surface area contributed by atoms with Crippen LogP contribution in [0.4, 0.5) is 5.69 Å². The van der Waals surface area contributed by atoms with Gasteiger partial charge in [-0.25, -0.2) is 0 Å². The van der Waals surface area contributed by atoms with Gasteiger partial charge in [0.1, 0.15) is 5.76 Å². The van der Waals surface area contributed by atoms with E-state index >= 15 is 0 Å². The summed E-state index contributed by atoms with van der Waals surface area (Å²) >= 11 is 6.03. The molecule has 1 amide bonds. The molecule has 0 aromatic heterocycles. The zero-order valence-corrected chi connectivity index (χ0v) is 21.4. The number of hydrogen-bond acceptors (Lipinski definition) is 4. The number of nitrogens with zero attached hydrogens (tertiary/aromatic N) is 2. The summed E-state index contributed by atoms with van der Waals surface area (Å²) in [5, 5.41) is 14.0. The van der Waals surface area contributed by atoms with E-state index in [1.807, 2.05) is 104 Å². The second-order valence-corrected chi connectivity index (χ2v) is 9.82. The van der Waals surface area contributed by atoms with E-state index < -0.39 is 17.7 Å². The molecule has 1 heterocycles. The predicted octanol–water partition coefficient (Wildman–Crippen LogP) is 6.22. The molecule has 0 radical (unpaired) electrons. The smallest absolute Gasteiger partial charge is 0.295 e. The number of hydrogen-bond donors (Lipinski definition) is 1. The van der Waals surface area contributed by atoms with Gasteiger partial charge in [-0.1, -0.05) is 78.3 Å². The molecule has 0 aliphatic carbocycles. The highest BCUT2D eigenvalue weighted by Gasteiger charge is 2.46. The molecular weight excluding hydrogens is 484 g/mol. The lowest BCUT2D eigenvalue weighted by molar-refractivity contribution is -0.139. The van der Waals surface area contributed by atoms with E-state index in [1.165, 1.54) is 0 Å². The molecule has 0 bridgehead atoms. The number of rotatable bonds is 6. The number of carbonyl (C=O) groups is 2. The van der Waals surface area contributed by atoms with Crippen LogP contribution in [-0.2, 0) is 16.0 Å². The highest BCUT2D eigenvalue weighted by Crippen LogP contribution is 2.41. The second kappa shape index (κ2) is 10.1. The molecule has 0 saturated carbocycles.